The predicted octanol–water partition coefficient (Wildman–Crippen LogP) is 2.96. The topological polar surface area (TPSA) is 54.3 Å². The molecule has 5 nitrogen and oxygen atoms in total. The predicted molar refractivity (Wildman–Crippen MR) is 67.7 cm³/mol. The normalized spacial score (nSPS) is 15.3. The molecule has 0 atom stereocenters. The van der Waals surface area contributed by atoms with Crippen LogP contribution in [0.1, 0.15) is 30.1 Å². The van der Waals surface area contributed by atoms with E-state index in [0.29, 0.717) is 12.2 Å². The minimum Gasteiger partial charge on any atom is -0.462 e. The fourth-order valence-electron chi connectivity index (χ4n) is 1.78. The van der Waals surface area contributed by atoms with Crippen molar-refractivity contribution in [3.63, 3.8) is 0 Å². The molecule has 0 N–H and O–H groups in total. The lowest BCUT2D eigenvalue weighted by molar-refractivity contribution is 0.0526. The maximum absolute atomic E-state index is 11.4. The number of carbonyl (C=O) groups is 1. The molecule has 0 spiro atoms. The highest BCUT2D eigenvalue weighted by Gasteiger charge is 2.08. The Morgan fingerprint density at radius 3 is 2.56 bits per heavy atom. The molecule has 1 aliphatic heterocycles. The summed E-state index contributed by atoms with van der Waals surface area (Å²) in [5, 5.41) is 10.2. The Morgan fingerprint density at radius 1 is 1.28 bits per heavy atom. The van der Waals surface area contributed by atoms with E-state index in [1.165, 1.54) is 12.8 Å². The van der Waals surface area contributed by atoms with Gasteiger partial charge in [0.05, 0.1) is 17.9 Å². The highest BCUT2D eigenvalue weighted by molar-refractivity contribution is 5.89. The minimum atomic E-state index is -0.305. The van der Waals surface area contributed by atoms with Crippen LogP contribution in [0.4, 0.5) is 5.69 Å². The molecule has 96 valence electrons. The van der Waals surface area contributed by atoms with E-state index in [0.717, 1.165) is 18.8 Å². The van der Waals surface area contributed by atoms with E-state index in [9.17, 15) is 4.79 Å². The number of rotatable bonds is 4. The van der Waals surface area contributed by atoms with Gasteiger partial charge in [0.25, 0.3) is 0 Å². The van der Waals surface area contributed by atoms with Gasteiger partial charge in [0, 0.05) is 13.1 Å². The van der Waals surface area contributed by atoms with Gasteiger partial charge >= 0.3 is 5.97 Å². The first kappa shape index (κ1) is 12.5. The van der Waals surface area contributed by atoms with E-state index in [1.54, 1.807) is 31.2 Å². The maximum Gasteiger partial charge on any atom is 0.338 e. The van der Waals surface area contributed by atoms with E-state index in [4.69, 9.17) is 4.74 Å². The summed E-state index contributed by atoms with van der Waals surface area (Å²) in [6.07, 6.45) is 2.36. The summed E-state index contributed by atoms with van der Waals surface area (Å²) in [4.78, 5) is 11.4. The lowest BCUT2D eigenvalue weighted by atomic mass is 10.2. The zero-order valence-corrected chi connectivity index (χ0v) is 10.5. The SMILES string of the molecule is CCOC(=O)c1ccc(N=NN2CCCC2)cc1. The third-order valence-electron chi connectivity index (χ3n) is 2.75. The van der Waals surface area contributed by atoms with E-state index in [-0.39, 0.29) is 5.97 Å². The number of hydrogen-bond donors (Lipinski definition) is 0. The molecule has 0 amide bonds. The lowest BCUT2D eigenvalue weighted by Gasteiger charge is -2.06. The Kier molecular flexibility index (Phi) is 4.28. The maximum atomic E-state index is 11.4. The number of carbonyl (C=O) groups excluding carboxylic acids is 1. The first-order chi connectivity index (χ1) is 8.79. The van der Waals surface area contributed by atoms with Gasteiger partial charge in [0.1, 0.15) is 0 Å². The molecule has 0 radical (unpaired) electrons. The van der Waals surface area contributed by atoms with Gasteiger partial charge in [-0.3, -0.25) is 5.01 Å². The second kappa shape index (κ2) is 6.14. The fourth-order valence-corrected chi connectivity index (χ4v) is 1.78. The van der Waals surface area contributed by atoms with Gasteiger partial charge in [-0.15, -0.1) is 5.11 Å². The number of esters is 1. The number of nitrogens with zero attached hydrogens (tertiary/aromatic N) is 3. The van der Waals surface area contributed by atoms with Gasteiger partial charge in [-0.05, 0) is 44.0 Å². The molecule has 5 heteroatoms. The largest absolute Gasteiger partial charge is 0.462 e. The molecule has 1 saturated heterocycles. The van der Waals surface area contributed by atoms with Crippen molar-refractivity contribution in [1.29, 1.82) is 0 Å². The quantitative estimate of drug-likeness (QED) is 0.607. The smallest absolute Gasteiger partial charge is 0.338 e. The molecule has 1 aliphatic rings. The van der Waals surface area contributed by atoms with Crippen molar-refractivity contribution < 1.29 is 9.53 Å². The molecule has 0 saturated carbocycles. The molecule has 0 bridgehead atoms. The Morgan fingerprint density at radius 2 is 1.94 bits per heavy atom. The summed E-state index contributed by atoms with van der Waals surface area (Å²) in [5.41, 5.74) is 1.28. The average molecular weight is 247 g/mol. The van der Waals surface area contributed by atoms with Gasteiger partial charge in [-0.25, -0.2) is 4.79 Å². The Bertz CT molecular complexity index is 422. The molecule has 0 aromatic heterocycles. The Balaban J connectivity index is 1.96. The van der Waals surface area contributed by atoms with Gasteiger partial charge in [-0.2, -0.15) is 0 Å². The van der Waals surface area contributed by atoms with E-state index in [2.05, 4.69) is 10.3 Å². The van der Waals surface area contributed by atoms with Crippen molar-refractivity contribution in [3.8, 4) is 0 Å². The highest BCUT2D eigenvalue weighted by Crippen LogP contribution is 2.16. The van der Waals surface area contributed by atoms with Gasteiger partial charge in [-0.1, -0.05) is 5.22 Å². The molecule has 1 aromatic rings. The van der Waals surface area contributed by atoms with Crippen LogP contribution in [0.25, 0.3) is 0 Å². The van der Waals surface area contributed by atoms with Crippen molar-refractivity contribution in [2.45, 2.75) is 19.8 Å². The summed E-state index contributed by atoms with van der Waals surface area (Å²) in [6, 6.07) is 6.95. The van der Waals surface area contributed by atoms with Crippen molar-refractivity contribution in [2.75, 3.05) is 19.7 Å². The van der Waals surface area contributed by atoms with Gasteiger partial charge in [0.2, 0.25) is 0 Å². The van der Waals surface area contributed by atoms with E-state index >= 15 is 0 Å². The number of hydrogen-bond acceptors (Lipinski definition) is 4. The molecule has 0 unspecified atom stereocenters. The summed E-state index contributed by atoms with van der Waals surface area (Å²) in [6.45, 7) is 4.13. The summed E-state index contributed by atoms with van der Waals surface area (Å²) >= 11 is 0. The summed E-state index contributed by atoms with van der Waals surface area (Å²) in [5.74, 6) is -0.305. The van der Waals surface area contributed by atoms with Crippen molar-refractivity contribution in [1.82, 2.24) is 5.01 Å². The Labute approximate surface area is 106 Å². The molecule has 1 aromatic carbocycles. The lowest BCUT2D eigenvalue weighted by Crippen LogP contribution is -2.09. The zero-order chi connectivity index (χ0) is 12.8. The van der Waals surface area contributed by atoms with Crippen LogP contribution in [-0.2, 0) is 4.74 Å². The van der Waals surface area contributed by atoms with Gasteiger partial charge < -0.3 is 4.74 Å². The average Bonchev–Trinajstić information content (AvgIpc) is 2.90. The number of ether oxygens (including phenoxy) is 1. The Hall–Kier alpha value is -1.91. The zero-order valence-electron chi connectivity index (χ0n) is 10.5. The van der Waals surface area contributed by atoms with Crippen LogP contribution in [-0.4, -0.2) is 30.7 Å². The summed E-state index contributed by atoms with van der Waals surface area (Å²) < 4.78 is 4.91. The van der Waals surface area contributed by atoms with Gasteiger partial charge in [0.15, 0.2) is 0 Å². The monoisotopic (exact) mass is 247 g/mol. The van der Waals surface area contributed by atoms with E-state index < -0.39 is 0 Å². The van der Waals surface area contributed by atoms with Crippen LogP contribution < -0.4 is 0 Å². The molecule has 1 heterocycles. The fraction of sp³-hybridized carbons (Fsp3) is 0.462. The standard InChI is InChI=1S/C13H17N3O2/c1-2-18-13(17)11-5-7-12(8-6-11)14-15-16-9-3-4-10-16/h5-8H,2-4,9-10H2,1H3. The highest BCUT2D eigenvalue weighted by atomic mass is 16.5. The van der Waals surface area contributed by atoms with Crippen LogP contribution in [0, 0.1) is 0 Å². The minimum absolute atomic E-state index is 0.305. The molecule has 1 fully saturated rings. The van der Waals surface area contributed by atoms with Crippen LogP contribution in [0.3, 0.4) is 0 Å². The molecule has 0 aliphatic carbocycles. The van der Waals surface area contributed by atoms with Crippen molar-refractivity contribution in [2.24, 2.45) is 10.3 Å². The first-order valence-electron chi connectivity index (χ1n) is 6.23. The second-order valence-corrected chi connectivity index (χ2v) is 4.12. The van der Waals surface area contributed by atoms with Crippen LogP contribution >= 0.6 is 0 Å². The third kappa shape index (κ3) is 3.29. The second-order valence-electron chi connectivity index (χ2n) is 4.12. The van der Waals surface area contributed by atoms with Crippen molar-refractivity contribution in [3.05, 3.63) is 29.8 Å². The molecule has 2 rings (SSSR count). The molecule has 18 heavy (non-hydrogen) atoms. The third-order valence-corrected chi connectivity index (χ3v) is 2.75. The molecular weight excluding hydrogens is 230 g/mol. The molecular formula is C13H17N3O2. The van der Waals surface area contributed by atoms with Crippen LogP contribution in [0.2, 0.25) is 0 Å². The van der Waals surface area contributed by atoms with Crippen LogP contribution in [0.15, 0.2) is 34.6 Å². The first-order valence-corrected chi connectivity index (χ1v) is 6.23. The number of benzene rings is 1. The van der Waals surface area contributed by atoms with Crippen molar-refractivity contribution >= 4 is 11.7 Å². The van der Waals surface area contributed by atoms with E-state index in [1.807, 2.05) is 5.01 Å². The summed E-state index contributed by atoms with van der Waals surface area (Å²) in [7, 11) is 0. The van der Waals surface area contributed by atoms with Crippen LogP contribution in [0.5, 0.6) is 0 Å².